The fourth-order valence-electron chi connectivity index (χ4n) is 2.70. The van der Waals surface area contributed by atoms with Crippen LogP contribution in [0.2, 0.25) is 15.1 Å². The third-order valence-electron chi connectivity index (χ3n) is 3.73. The summed E-state index contributed by atoms with van der Waals surface area (Å²) in [6.45, 7) is 0. The Bertz CT molecular complexity index is 769. The maximum atomic E-state index is 6.41. The third-order valence-corrected chi connectivity index (χ3v) is 4.61. The van der Waals surface area contributed by atoms with Crippen LogP contribution in [-0.4, -0.2) is 7.11 Å². The number of ether oxygens (including phenoxy) is 1. The van der Waals surface area contributed by atoms with Crippen molar-refractivity contribution in [2.24, 2.45) is 0 Å². The highest BCUT2D eigenvalue weighted by Gasteiger charge is 2.23. The monoisotopic (exact) mass is 363 g/mol. The Kier molecular flexibility index (Phi) is 5.01. The molecule has 1 nitrogen and oxygen atoms in total. The van der Waals surface area contributed by atoms with Crippen molar-refractivity contribution >= 4 is 45.9 Å². The van der Waals surface area contributed by atoms with E-state index < -0.39 is 0 Å². The van der Waals surface area contributed by atoms with Gasteiger partial charge in [0.2, 0.25) is 0 Å². The first-order chi connectivity index (χ1) is 11.1. The van der Waals surface area contributed by atoms with E-state index in [1.165, 1.54) is 0 Å². The molecule has 0 saturated carbocycles. The number of rotatable bonds is 3. The SMILES string of the molecule is COC1=CC[CH]C(c2c(Cl)cccc2Cl)=C1c1ccc(Cl)cc1. The molecular formula is C19H14Cl3O. The predicted octanol–water partition coefficient (Wildman–Crippen LogP) is 6.70. The lowest BCUT2D eigenvalue weighted by atomic mass is 9.86. The van der Waals surface area contributed by atoms with Crippen molar-refractivity contribution in [2.75, 3.05) is 7.11 Å². The molecule has 3 rings (SSSR count). The van der Waals surface area contributed by atoms with Crippen LogP contribution in [0, 0.1) is 6.42 Å². The lowest BCUT2D eigenvalue weighted by molar-refractivity contribution is 0.309. The zero-order chi connectivity index (χ0) is 16.4. The molecule has 2 aromatic carbocycles. The molecule has 0 amide bonds. The molecule has 0 unspecified atom stereocenters. The van der Waals surface area contributed by atoms with Crippen molar-refractivity contribution in [1.29, 1.82) is 0 Å². The Morgan fingerprint density at radius 2 is 1.57 bits per heavy atom. The fourth-order valence-corrected chi connectivity index (χ4v) is 3.43. The summed E-state index contributed by atoms with van der Waals surface area (Å²) in [5.41, 5.74) is 3.76. The molecule has 0 aliphatic heterocycles. The van der Waals surface area contributed by atoms with Gasteiger partial charge < -0.3 is 4.74 Å². The summed E-state index contributed by atoms with van der Waals surface area (Å²) in [6, 6.07) is 13.2. The van der Waals surface area contributed by atoms with Crippen LogP contribution >= 0.6 is 34.8 Å². The molecular weight excluding hydrogens is 351 g/mol. The molecule has 1 radical (unpaired) electrons. The molecule has 117 valence electrons. The molecule has 1 aliphatic carbocycles. The Balaban J connectivity index is 2.27. The normalized spacial score (nSPS) is 14.7. The first-order valence-electron chi connectivity index (χ1n) is 7.14. The summed E-state index contributed by atoms with van der Waals surface area (Å²) in [6.07, 6.45) is 4.91. The highest BCUT2D eigenvalue weighted by Crippen LogP contribution is 2.43. The molecule has 0 saturated heterocycles. The van der Waals surface area contributed by atoms with Crippen LogP contribution in [0.5, 0.6) is 0 Å². The Morgan fingerprint density at radius 1 is 0.913 bits per heavy atom. The molecule has 0 heterocycles. The van der Waals surface area contributed by atoms with E-state index in [-0.39, 0.29) is 0 Å². The zero-order valence-electron chi connectivity index (χ0n) is 12.4. The highest BCUT2D eigenvalue weighted by atomic mass is 35.5. The predicted molar refractivity (Wildman–Crippen MR) is 98.7 cm³/mol. The summed E-state index contributed by atoms with van der Waals surface area (Å²) in [5.74, 6) is 0.806. The first-order valence-corrected chi connectivity index (χ1v) is 8.27. The number of hydrogen-bond donors (Lipinski definition) is 0. The minimum absolute atomic E-state index is 0.618. The molecule has 0 bridgehead atoms. The Morgan fingerprint density at radius 3 is 2.17 bits per heavy atom. The van der Waals surface area contributed by atoms with E-state index in [1.54, 1.807) is 7.11 Å². The second-order valence-corrected chi connectivity index (χ2v) is 6.36. The van der Waals surface area contributed by atoms with Gasteiger partial charge in [-0.15, -0.1) is 0 Å². The molecule has 0 spiro atoms. The van der Waals surface area contributed by atoms with Crippen molar-refractivity contribution in [3.05, 3.63) is 86.9 Å². The molecule has 0 N–H and O–H groups in total. The standard InChI is InChI=1S/C19H14Cl3O/c1-23-17-7-2-4-14(19-15(21)5-3-6-16(19)22)18(17)12-8-10-13(20)11-9-12/h3-11H,2H2,1H3. The van der Waals surface area contributed by atoms with Crippen LogP contribution in [-0.2, 0) is 4.74 Å². The smallest absolute Gasteiger partial charge is 0.123 e. The maximum absolute atomic E-state index is 6.41. The average molecular weight is 365 g/mol. The molecule has 0 fully saturated rings. The lowest BCUT2D eigenvalue weighted by Gasteiger charge is -2.23. The minimum atomic E-state index is 0.618. The van der Waals surface area contributed by atoms with Gasteiger partial charge in [0.1, 0.15) is 5.76 Å². The van der Waals surface area contributed by atoms with Crippen molar-refractivity contribution in [1.82, 2.24) is 0 Å². The lowest BCUT2D eigenvalue weighted by Crippen LogP contribution is -2.04. The van der Waals surface area contributed by atoms with Gasteiger partial charge in [-0.05, 0) is 54.3 Å². The average Bonchev–Trinajstić information content (AvgIpc) is 2.55. The van der Waals surface area contributed by atoms with E-state index in [0.717, 1.165) is 34.5 Å². The summed E-state index contributed by atoms with van der Waals surface area (Å²) in [7, 11) is 1.67. The van der Waals surface area contributed by atoms with Crippen LogP contribution < -0.4 is 0 Å². The number of benzene rings is 2. The van der Waals surface area contributed by atoms with Gasteiger partial charge in [0.25, 0.3) is 0 Å². The van der Waals surface area contributed by atoms with Gasteiger partial charge in [0, 0.05) is 26.2 Å². The van der Waals surface area contributed by atoms with E-state index in [0.29, 0.717) is 15.1 Å². The molecule has 4 heteroatoms. The van der Waals surface area contributed by atoms with Crippen LogP contribution in [0.3, 0.4) is 0 Å². The van der Waals surface area contributed by atoms with Crippen molar-refractivity contribution < 1.29 is 4.74 Å². The van der Waals surface area contributed by atoms with Gasteiger partial charge in [-0.2, -0.15) is 0 Å². The minimum Gasteiger partial charge on any atom is -0.496 e. The van der Waals surface area contributed by atoms with Crippen LogP contribution in [0.25, 0.3) is 11.1 Å². The Labute approximate surface area is 151 Å². The maximum Gasteiger partial charge on any atom is 0.123 e. The summed E-state index contributed by atoms with van der Waals surface area (Å²) in [5, 5.41) is 1.93. The number of halogens is 3. The van der Waals surface area contributed by atoms with Gasteiger partial charge >= 0.3 is 0 Å². The third kappa shape index (κ3) is 3.28. The van der Waals surface area contributed by atoms with Crippen molar-refractivity contribution in [3.63, 3.8) is 0 Å². The molecule has 0 atom stereocenters. The molecule has 2 aromatic rings. The second kappa shape index (κ2) is 7.00. The topological polar surface area (TPSA) is 9.23 Å². The number of methoxy groups -OCH3 is 1. The van der Waals surface area contributed by atoms with E-state index in [1.807, 2.05) is 48.5 Å². The van der Waals surface area contributed by atoms with Gasteiger partial charge in [-0.25, -0.2) is 0 Å². The second-order valence-electron chi connectivity index (χ2n) is 5.10. The van der Waals surface area contributed by atoms with Crippen LogP contribution in [0.1, 0.15) is 17.5 Å². The van der Waals surface area contributed by atoms with E-state index in [9.17, 15) is 0 Å². The van der Waals surface area contributed by atoms with Gasteiger partial charge in [-0.1, -0.05) is 53.0 Å². The van der Waals surface area contributed by atoms with E-state index in [4.69, 9.17) is 39.5 Å². The highest BCUT2D eigenvalue weighted by molar-refractivity contribution is 6.38. The molecule has 23 heavy (non-hydrogen) atoms. The van der Waals surface area contributed by atoms with Crippen LogP contribution in [0.4, 0.5) is 0 Å². The largest absolute Gasteiger partial charge is 0.496 e. The van der Waals surface area contributed by atoms with Gasteiger partial charge in [0.05, 0.1) is 7.11 Å². The van der Waals surface area contributed by atoms with Crippen molar-refractivity contribution in [3.8, 4) is 0 Å². The quantitative estimate of drug-likeness (QED) is 0.589. The fraction of sp³-hybridized carbons (Fsp3) is 0.105. The van der Waals surface area contributed by atoms with Crippen LogP contribution in [0.15, 0.2) is 54.3 Å². The summed E-state index contributed by atoms with van der Waals surface area (Å²) < 4.78 is 5.58. The zero-order valence-corrected chi connectivity index (χ0v) is 14.7. The van der Waals surface area contributed by atoms with Gasteiger partial charge in [-0.3, -0.25) is 0 Å². The summed E-state index contributed by atoms with van der Waals surface area (Å²) in [4.78, 5) is 0. The first kappa shape index (κ1) is 16.4. The van der Waals surface area contributed by atoms with Gasteiger partial charge in [0.15, 0.2) is 0 Å². The van der Waals surface area contributed by atoms with E-state index >= 15 is 0 Å². The Hall–Kier alpha value is -1.41. The molecule has 1 aliphatic rings. The van der Waals surface area contributed by atoms with Crippen molar-refractivity contribution in [2.45, 2.75) is 6.42 Å². The number of hydrogen-bond acceptors (Lipinski definition) is 1. The summed E-state index contributed by atoms with van der Waals surface area (Å²) >= 11 is 18.8. The van der Waals surface area contributed by atoms with E-state index in [2.05, 4.69) is 6.42 Å². The number of allylic oxidation sites excluding steroid dienone is 3. The molecule has 0 aromatic heterocycles.